The fraction of sp³-hybridized carbons (Fsp3) is 0.571. The van der Waals surface area contributed by atoms with Crippen LogP contribution >= 0.6 is 0 Å². The molecule has 1 aromatic carbocycles. The van der Waals surface area contributed by atoms with Crippen molar-refractivity contribution < 1.29 is 4.74 Å². The van der Waals surface area contributed by atoms with Crippen LogP contribution in [0.1, 0.15) is 49.0 Å². The van der Waals surface area contributed by atoms with E-state index in [1.165, 1.54) is 11.1 Å². The van der Waals surface area contributed by atoms with E-state index in [4.69, 9.17) is 9.73 Å². The molecule has 0 aliphatic rings. The molecule has 1 heterocycles. The zero-order chi connectivity index (χ0) is 20.4. The van der Waals surface area contributed by atoms with Gasteiger partial charge in [-0.25, -0.2) is 4.99 Å². The highest BCUT2D eigenvalue weighted by Crippen LogP contribution is 2.15. The molecule has 0 aliphatic carbocycles. The van der Waals surface area contributed by atoms with E-state index in [0.717, 1.165) is 50.3 Å². The summed E-state index contributed by atoms with van der Waals surface area (Å²) < 4.78 is 7.37. The number of hydrogen-bond donors (Lipinski definition) is 2. The molecule has 1 atom stereocenters. The minimum Gasteiger partial charge on any atom is -0.382 e. The van der Waals surface area contributed by atoms with E-state index in [9.17, 15) is 0 Å². The molecule has 1 aromatic heterocycles. The van der Waals surface area contributed by atoms with E-state index in [-0.39, 0.29) is 0 Å². The standard InChI is InChI=1S/C21H34N6O/c1-6-28-12-8-11-22-21(24-15-20-26-25-18(4)27(20)5)23-14-17(3)19-10-7-9-16(2)13-19/h7,9-10,13,17H,6,8,11-12,14-15H2,1-5H3,(H2,22,23,24). The number of aliphatic imine (C=N–C) groups is 1. The Labute approximate surface area is 168 Å². The summed E-state index contributed by atoms with van der Waals surface area (Å²) in [5, 5.41) is 15.1. The minimum absolute atomic E-state index is 0.382. The molecule has 2 aromatic rings. The highest BCUT2D eigenvalue weighted by atomic mass is 16.5. The molecule has 2 rings (SSSR count). The Morgan fingerprint density at radius 1 is 1.25 bits per heavy atom. The molecule has 0 amide bonds. The van der Waals surface area contributed by atoms with Crippen LogP contribution in [0.25, 0.3) is 0 Å². The Bertz CT molecular complexity index is 755. The lowest BCUT2D eigenvalue weighted by Crippen LogP contribution is -2.40. The maximum absolute atomic E-state index is 5.41. The van der Waals surface area contributed by atoms with Crippen molar-refractivity contribution in [1.82, 2.24) is 25.4 Å². The van der Waals surface area contributed by atoms with Crippen molar-refractivity contribution in [1.29, 1.82) is 0 Å². The van der Waals surface area contributed by atoms with Crippen LogP contribution < -0.4 is 10.6 Å². The van der Waals surface area contributed by atoms with Crippen molar-refractivity contribution in [2.24, 2.45) is 12.0 Å². The Balaban J connectivity index is 1.96. The topological polar surface area (TPSA) is 76.4 Å². The molecular formula is C21H34N6O. The number of aromatic nitrogens is 3. The van der Waals surface area contributed by atoms with E-state index >= 15 is 0 Å². The first-order chi connectivity index (χ1) is 13.5. The molecule has 2 N–H and O–H groups in total. The second-order valence-electron chi connectivity index (χ2n) is 7.06. The third-order valence-corrected chi connectivity index (χ3v) is 4.71. The van der Waals surface area contributed by atoms with Crippen LogP contribution in [0.15, 0.2) is 29.3 Å². The summed E-state index contributed by atoms with van der Waals surface area (Å²) in [4.78, 5) is 4.70. The highest BCUT2D eigenvalue weighted by molar-refractivity contribution is 5.79. The first-order valence-corrected chi connectivity index (χ1v) is 10.0. The van der Waals surface area contributed by atoms with Gasteiger partial charge in [0.05, 0.1) is 0 Å². The number of benzene rings is 1. The predicted molar refractivity (Wildman–Crippen MR) is 114 cm³/mol. The van der Waals surface area contributed by atoms with Crippen LogP contribution in [0, 0.1) is 13.8 Å². The van der Waals surface area contributed by atoms with Gasteiger partial charge in [0.15, 0.2) is 11.8 Å². The molecule has 154 valence electrons. The van der Waals surface area contributed by atoms with Crippen LogP contribution in [0.5, 0.6) is 0 Å². The normalized spacial score (nSPS) is 12.8. The van der Waals surface area contributed by atoms with Gasteiger partial charge in [-0.2, -0.15) is 0 Å². The SMILES string of the molecule is CCOCCCNC(=NCc1nnc(C)n1C)NCC(C)c1cccc(C)c1. The van der Waals surface area contributed by atoms with Crippen molar-refractivity contribution >= 4 is 5.96 Å². The van der Waals surface area contributed by atoms with Gasteiger partial charge in [0, 0.05) is 33.4 Å². The van der Waals surface area contributed by atoms with E-state index in [0.29, 0.717) is 12.5 Å². The van der Waals surface area contributed by atoms with Crippen molar-refractivity contribution in [3.05, 3.63) is 47.0 Å². The van der Waals surface area contributed by atoms with Crippen LogP contribution in [0.3, 0.4) is 0 Å². The highest BCUT2D eigenvalue weighted by Gasteiger charge is 2.09. The van der Waals surface area contributed by atoms with E-state index in [2.05, 4.69) is 58.9 Å². The summed E-state index contributed by atoms with van der Waals surface area (Å²) in [7, 11) is 1.96. The number of hydrogen-bond acceptors (Lipinski definition) is 4. The van der Waals surface area contributed by atoms with Crippen molar-refractivity contribution in [2.45, 2.75) is 46.6 Å². The average molecular weight is 387 g/mol. The summed E-state index contributed by atoms with van der Waals surface area (Å²) in [5.74, 6) is 2.90. The van der Waals surface area contributed by atoms with Gasteiger partial charge in [0.2, 0.25) is 0 Å². The van der Waals surface area contributed by atoms with Gasteiger partial charge in [-0.15, -0.1) is 10.2 Å². The molecule has 0 spiro atoms. The van der Waals surface area contributed by atoms with Crippen LogP contribution in [-0.4, -0.2) is 47.0 Å². The largest absolute Gasteiger partial charge is 0.382 e. The Kier molecular flexibility index (Phi) is 8.94. The summed E-state index contributed by atoms with van der Waals surface area (Å²) in [5.41, 5.74) is 2.61. The van der Waals surface area contributed by atoms with Gasteiger partial charge in [0.1, 0.15) is 12.4 Å². The smallest absolute Gasteiger partial charge is 0.191 e. The Morgan fingerprint density at radius 3 is 2.75 bits per heavy atom. The maximum atomic E-state index is 5.41. The lowest BCUT2D eigenvalue weighted by atomic mass is 9.99. The van der Waals surface area contributed by atoms with Gasteiger partial charge in [0.25, 0.3) is 0 Å². The monoisotopic (exact) mass is 386 g/mol. The molecule has 1 unspecified atom stereocenters. The van der Waals surface area contributed by atoms with E-state index in [1.54, 1.807) is 0 Å². The summed E-state index contributed by atoms with van der Waals surface area (Å²) >= 11 is 0. The van der Waals surface area contributed by atoms with Crippen molar-refractivity contribution in [3.63, 3.8) is 0 Å². The molecule has 0 saturated heterocycles. The zero-order valence-electron chi connectivity index (χ0n) is 17.8. The van der Waals surface area contributed by atoms with Crippen molar-refractivity contribution in [3.8, 4) is 0 Å². The minimum atomic E-state index is 0.382. The number of guanidine groups is 1. The number of rotatable bonds is 10. The molecule has 0 saturated carbocycles. The van der Waals surface area contributed by atoms with Gasteiger partial charge in [-0.1, -0.05) is 36.8 Å². The first-order valence-electron chi connectivity index (χ1n) is 10.0. The number of aryl methyl sites for hydroxylation is 2. The van der Waals surface area contributed by atoms with Crippen molar-refractivity contribution in [2.75, 3.05) is 26.3 Å². The number of nitrogens with one attached hydrogen (secondary N) is 2. The Hall–Kier alpha value is -2.41. The predicted octanol–water partition coefficient (Wildman–Crippen LogP) is 2.70. The molecule has 0 radical (unpaired) electrons. The summed E-state index contributed by atoms with van der Waals surface area (Å²) in [6.45, 7) is 11.9. The summed E-state index contributed by atoms with van der Waals surface area (Å²) in [6, 6.07) is 8.65. The molecule has 7 heteroatoms. The van der Waals surface area contributed by atoms with Crippen LogP contribution in [-0.2, 0) is 18.3 Å². The fourth-order valence-electron chi connectivity index (χ4n) is 2.78. The van der Waals surface area contributed by atoms with Gasteiger partial charge in [-0.05, 0) is 38.7 Å². The third-order valence-electron chi connectivity index (χ3n) is 4.71. The maximum Gasteiger partial charge on any atom is 0.191 e. The fourth-order valence-corrected chi connectivity index (χ4v) is 2.78. The quantitative estimate of drug-likeness (QED) is 0.373. The van der Waals surface area contributed by atoms with Gasteiger partial charge in [-0.3, -0.25) is 0 Å². The summed E-state index contributed by atoms with van der Waals surface area (Å²) in [6.07, 6.45) is 0.936. The van der Waals surface area contributed by atoms with Gasteiger partial charge >= 0.3 is 0 Å². The zero-order valence-corrected chi connectivity index (χ0v) is 17.8. The van der Waals surface area contributed by atoms with E-state index in [1.807, 2.05) is 25.5 Å². The second-order valence-corrected chi connectivity index (χ2v) is 7.06. The number of ether oxygens (including phenoxy) is 1. The molecule has 28 heavy (non-hydrogen) atoms. The molecule has 0 fully saturated rings. The second kappa shape index (κ2) is 11.4. The third kappa shape index (κ3) is 6.96. The molecule has 0 bridgehead atoms. The average Bonchev–Trinajstić information content (AvgIpc) is 3.01. The lowest BCUT2D eigenvalue weighted by molar-refractivity contribution is 0.145. The van der Waals surface area contributed by atoms with E-state index < -0.39 is 0 Å². The lowest BCUT2D eigenvalue weighted by Gasteiger charge is -2.17. The molecule has 7 nitrogen and oxygen atoms in total. The van der Waals surface area contributed by atoms with Gasteiger partial charge < -0.3 is 19.9 Å². The molecule has 0 aliphatic heterocycles. The molecular weight excluding hydrogens is 352 g/mol. The van der Waals surface area contributed by atoms with Crippen LogP contribution in [0.2, 0.25) is 0 Å². The number of nitrogens with zero attached hydrogens (tertiary/aromatic N) is 4. The first kappa shape index (κ1) is 21.9. The van der Waals surface area contributed by atoms with Crippen LogP contribution in [0.4, 0.5) is 0 Å². The Morgan fingerprint density at radius 2 is 2.07 bits per heavy atom.